The third kappa shape index (κ3) is 5.90. The predicted molar refractivity (Wildman–Crippen MR) is 60.1 cm³/mol. The van der Waals surface area contributed by atoms with Crippen LogP contribution in [0.2, 0.25) is 0 Å². The Morgan fingerprint density at radius 3 is 2.53 bits per heavy atom. The van der Waals surface area contributed by atoms with E-state index in [0.29, 0.717) is 18.9 Å². The molecule has 0 rings (SSSR count). The lowest BCUT2D eigenvalue weighted by atomic mass is 10.1. The van der Waals surface area contributed by atoms with Crippen molar-refractivity contribution >= 4 is 11.9 Å². The summed E-state index contributed by atoms with van der Waals surface area (Å²) in [5.41, 5.74) is 0. The minimum absolute atomic E-state index is 0.469. The molecular formula is C9H20N4O2. The molecule has 6 nitrogen and oxygen atoms in total. The van der Waals surface area contributed by atoms with E-state index in [9.17, 15) is 4.79 Å². The van der Waals surface area contributed by atoms with Crippen molar-refractivity contribution in [3.63, 3.8) is 0 Å². The van der Waals surface area contributed by atoms with Gasteiger partial charge in [0.05, 0.1) is 0 Å². The van der Waals surface area contributed by atoms with Crippen LogP contribution >= 0.6 is 0 Å². The summed E-state index contributed by atoms with van der Waals surface area (Å²) in [6.07, 6.45) is 1.37. The first-order chi connectivity index (χ1) is 7.15. The summed E-state index contributed by atoms with van der Waals surface area (Å²) in [4.78, 5) is 14.6. The second-order valence-electron chi connectivity index (χ2n) is 3.07. The summed E-state index contributed by atoms with van der Waals surface area (Å²) in [6.45, 7) is 0.707. The fraction of sp³-hybridized carbons (Fsp3) is 0.778. The molecule has 0 aliphatic rings. The Kier molecular flexibility index (Phi) is 7.35. The summed E-state index contributed by atoms with van der Waals surface area (Å²) < 4.78 is 0. The zero-order valence-electron chi connectivity index (χ0n) is 9.50. The van der Waals surface area contributed by atoms with Gasteiger partial charge in [0, 0.05) is 20.6 Å². The van der Waals surface area contributed by atoms with E-state index in [2.05, 4.69) is 20.9 Å². The molecule has 0 aromatic heterocycles. The number of carboxylic acid groups (broad SMARTS) is 1. The zero-order valence-corrected chi connectivity index (χ0v) is 9.50. The normalized spacial score (nSPS) is 13.4. The first-order valence-corrected chi connectivity index (χ1v) is 4.94. The Balaban J connectivity index is 3.65. The van der Waals surface area contributed by atoms with Crippen molar-refractivity contribution in [2.45, 2.75) is 18.9 Å². The predicted octanol–water partition coefficient (Wildman–Crippen LogP) is -0.766. The Morgan fingerprint density at radius 2 is 2.13 bits per heavy atom. The van der Waals surface area contributed by atoms with Gasteiger partial charge in [0.1, 0.15) is 6.04 Å². The van der Waals surface area contributed by atoms with Crippen LogP contribution < -0.4 is 16.0 Å². The molecule has 0 amide bonds. The molecule has 0 aliphatic carbocycles. The number of aliphatic imine (C=N–C) groups is 1. The molecule has 0 radical (unpaired) electrons. The van der Waals surface area contributed by atoms with Crippen molar-refractivity contribution in [3.05, 3.63) is 0 Å². The van der Waals surface area contributed by atoms with E-state index in [1.54, 1.807) is 21.1 Å². The third-order valence-corrected chi connectivity index (χ3v) is 2.07. The van der Waals surface area contributed by atoms with Crippen molar-refractivity contribution in [1.29, 1.82) is 0 Å². The fourth-order valence-corrected chi connectivity index (χ4v) is 1.18. The van der Waals surface area contributed by atoms with E-state index < -0.39 is 12.0 Å². The van der Waals surface area contributed by atoms with Crippen molar-refractivity contribution in [2.24, 2.45) is 4.99 Å². The minimum Gasteiger partial charge on any atom is -0.480 e. The summed E-state index contributed by atoms with van der Waals surface area (Å²) in [6, 6.07) is -0.469. The number of guanidine groups is 1. The van der Waals surface area contributed by atoms with Gasteiger partial charge >= 0.3 is 5.97 Å². The van der Waals surface area contributed by atoms with E-state index in [1.807, 2.05) is 0 Å². The Morgan fingerprint density at radius 1 is 1.47 bits per heavy atom. The Hall–Kier alpha value is -1.30. The molecule has 4 N–H and O–H groups in total. The number of nitrogens with zero attached hydrogens (tertiary/aromatic N) is 1. The summed E-state index contributed by atoms with van der Waals surface area (Å²) in [7, 11) is 5.12. The molecule has 0 aromatic carbocycles. The van der Waals surface area contributed by atoms with E-state index >= 15 is 0 Å². The Labute approximate surface area is 90.2 Å². The van der Waals surface area contributed by atoms with Crippen molar-refractivity contribution in [2.75, 3.05) is 27.7 Å². The molecule has 0 aliphatic heterocycles. The van der Waals surface area contributed by atoms with Crippen molar-refractivity contribution in [3.8, 4) is 0 Å². The largest absolute Gasteiger partial charge is 0.480 e. The number of hydrogen-bond acceptors (Lipinski definition) is 3. The molecular weight excluding hydrogens is 196 g/mol. The number of aliphatic carboxylic acids is 1. The molecule has 6 heteroatoms. The summed E-state index contributed by atoms with van der Waals surface area (Å²) in [5.74, 6) is -0.0955. The lowest BCUT2D eigenvalue weighted by Crippen LogP contribution is -2.37. The van der Waals surface area contributed by atoms with Crippen LogP contribution in [0.5, 0.6) is 0 Å². The second-order valence-corrected chi connectivity index (χ2v) is 3.07. The molecule has 0 saturated carbocycles. The van der Waals surface area contributed by atoms with E-state index in [-0.39, 0.29) is 0 Å². The maximum atomic E-state index is 10.7. The van der Waals surface area contributed by atoms with Crippen LogP contribution in [-0.2, 0) is 4.79 Å². The standard InChI is InChI=1S/C9H20N4O2/c1-10-7(8(14)15)5-4-6-13-9(11-2)12-3/h7,10H,4-6H2,1-3H3,(H,14,15)(H2,11,12,13)/t7-/m0/s1. The average molecular weight is 216 g/mol. The highest BCUT2D eigenvalue weighted by molar-refractivity contribution is 5.79. The van der Waals surface area contributed by atoms with Gasteiger partial charge in [-0.15, -0.1) is 0 Å². The van der Waals surface area contributed by atoms with Crippen molar-refractivity contribution < 1.29 is 9.90 Å². The lowest BCUT2D eigenvalue weighted by Gasteiger charge is -2.12. The van der Waals surface area contributed by atoms with E-state index in [1.165, 1.54) is 0 Å². The van der Waals surface area contributed by atoms with Gasteiger partial charge in [0.15, 0.2) is 5.96 Å². The first-order valence-electron chi connectivity index (χ1n) is 4.94. The van der Waals surface area contributed by atoms with Gasteiger partial charge in [0.2, 0.25) is 0 Å². The molecule has 0 spiro atoms. The molecule has 88 valence electrons. The van der Waals surface area contributed by atoms with E-state index in [4.69, 9.17) is 5.11 Å². The number of carbonyl (C=O) groups is 1. The molecule has 0 fully saturated rings. The quantitative estimate of drug-likeness (QED) is 0.266. The second kappa shape index (κ2) is 8.05. The number of hydrogen-bond donors (Lipinski definition) is 4. The molecule has 0 heterocycles. The molecule has 0 aromatic rings. The van der Waals surface area contributed by atoms with Crippen LogP contribution in [0.3, 0.4) is 0 Å². The summed E-state index contributed by atoms with van der Waals surface area (Å²) in [5, 5.41) is 17.4. The smallest absolute Gasteiger partial charge is 0.320 e. The highest BCUT2D eigenvalue weighted by Crippen LogP contribution is 1.95. The highest BCUT2D eigenvalue weighted by atomic mass is 16.4. The van der Waals surface area contributed by atoms with Gasteiger partial charge in [-0.2, -0.15) is 0 Å². The monoisotopic (exact) mass is 216 g/mol. The van der Waals surface area contributed by atoms with Crippen molar-refractivity contribution in [1.82, 2.24) is 16.0 Å². The van der Waals surface area contributed by atoms with Crippen LogP contribution in [-0.4, -0.2) is 50.8 Å². The highest BCUT2D eigenvalue weighted by Gasteiger charge is 2.13. The van der Waals surface area contributed by atoms with Crippen LogP contribution in [0, 0.1) is 0 Å². The molecule has 1 atom stereocenters. The number of nitrogens with one attached hydrogen (secondary N) is 3. The maximum absolute atomic E-state index is 10.7. The minimum atomic E-state index is -0.810. The Bertz CT molecular complexity index is 218. The van der Waals surface area contributed by atoms with Gasteiger partial charge < -0.3 is 21.1 Å². The number of likely N-dealkylation sites (N-methyl/N-ethyl adjacent to an activating group) is 1. The van der Waals surface area contributed by atoms with Gasteiger partial charge in [-0.05, 0) is 19.9 Å². The van der Waals surface area contributed by atoms with Crippen LogP contribution in [0.25, 0.3) is 0 Å². The number of rotatable bonds is 6. The zero-order chi connectivity index (χ0) is 11.7. The molecule has 0 unspecified atom stereocenters. The first kappa shape index (κ1) is 13.7. The van der Waals surface area contributed by atoms with Crippen LogP contribution in [0.4, 0.5) is 0 Å². The number of carboxylic acids is 1. The molecule has 0 saturated heterocycles. The van der Waals surface area contributed by atoms with Gasteiger partial charge in [-0.25, -0.2) is 0 Å². The van der Waals surface area contributed by atoms with Crippen LogP contribution in [0.15, 0.2) is 4.99 Å². The third-order valence-electron chi connectivity index (χ3n) is 2.07. The van der Waals surface area contributed by atoms with Gasteiger partial charge in [-0.3, -0.25) is 9.79 Å². The molecule has 0 bridgehead atoms. The topological polar surface area (TPSA) is 85.8 Å². The van der Waals surface area contributed by atoms with E-state index in [0.717, 1.165) is 6.42 Å². The van der Waals surface area contributed by atoms with Gasteiger partial charge in [0.25, 0.3) is 0 Å². The summed E-state index contributed by atoms with van der Waals surface area (Å²) >= 11 is 0. The van der Waals surface area contributed by atoms with Crippen LogP contribution in [0.1, 0.15) is 12.8 Å². The maximum Gasteiger partial charge on any atom is 0.320 e. The fourth-order valence-electron chi connectivity index (χ4n) is 1.18. The average Bonchev–Trinajstić information content (AvgIpc) is 2.23. The van der Waals surface area contributed by atoms with Gasteiger partial charge in [-0.1, -0.05) is 0 Å². The SMILES string of the molecule is CN=C(NC)NCCC[C@H](NC)C(=O)O. The lowest BCUT2D eigenvalue weighted by molar-refractivity contribution is -0.139. The molecule has 15 heavy (non-hydrogen) atoms.